The molecule has 9 heteroatoms. The van der Waals surface area contributed by atoms with Gasteiger partial charge in [0.25, 0.3) is 0 Å². The summed E-state index contributed by atoms with van der Waals surface area (Å²) in [6, 6.07) is 0. The molecule has 4 bridgehead atoms. The quantitative estimate of drug-likeness (QED) is 0.715. The molecule has 2 aromatic heterocycles. The lowest BCUT2D eigenvalue weighted by Gasteiger charge is -2.61. The van der Waals surface area contributed by atoms with Gasteiger partial charge in [0, 0.05) is 19.8 Å². The van der Waals surface area contributed by atoms with Gasteiger partial charge < -0.3 is 4.90 Å². The van der Waals surface area contributed by atoms with Gasteiger partial charge in [0.2, 0.25) is 11.2 Å². The maximum atomic E-state index is 13.7. The predicted octanol–water partition coefficient (Wildman–Crippen LogP) is 3.76. The van der Waals surface area contributed by atoms with Crippen molar-refractivity contribution in [2.45, 2.75) is 64.1 Å². The Labute approximate surface area is 180 Å². The van der Waals surface area contributed by atoms with Crippen molar-refractivity contribution >= 4 is 29.1 Å². The highest BCUT2D eigenvalue weighted by molar-refractivity contribution is 6.31. The Morgan fingerprint density at radius 3 is 2.55 bits per heavy atom. The first-order valence-corrected chi connectivity index (χ1v) is 11.1. The van der Waals surface area contributed by atoms with Gasteiger partial charge in [-0.3, -0.25) is 9.48 Å². The molecule has 29 heavy (non-hydrogen) atoms. The molecule has 156 valence electrons. The highest BCUT2D eigenvalue weighted by Crippen LogP contribution is 2.64. The number of carbonyl (C=O) groups excluding carboxylic acids is 1. The zero-order valence-corrected chi connectivity index (χ0v) is 18.3. The van der Waals surface area contributed by atoms with Gasteiger partial charge in [-0.05, 0) is 68.9 Å². The fourth-order valence-corrected chi connectivity index (χ4v) is 6.95. The molecule has 4 fully saturated rings. The van der Waals surface area contributed by atoms with Gasteiger partial charge >= 0.3 is 0 Å². The van der Waals surface area contributed by atoms with Crippen molar-refractivity contribution in [3.63, 3.8) is 0 Å². The van der Waals surface area contributed by atoms with Crippen LogP contribution in [0.25, 0.3) is 0 Å². The topological polar surface area (TPSA) is 68.8 Å². The highest BCUT2D eigenvalue weighted by Gasteiger charge is 2.62. The molecule has 0 spiro atoms. The lowest BCUT2D eigenvalue weighted by Crippen LogP contribution is -2.61. The molecule has 2 atom stereocenters. The summed E-state index contributed by atoms with van der Waals surface area (Å²) in [6.07, 6.45) is 9.66. The van der Waals surface area contributed by atoms with Gasteiger partial charge in [0.15, 0.2) is 0 Å². The number of aromatic nitrogens is 5. The summed E-state index contributed by atoms with van der Waals surface area (Å²) in [7, 11) is 1.88. The van der Waals surface area contributed by atoms with E-state index in [1.165, 1.54) is 6.42 Å². The van der Waals surface area contributed by atoms with E-state index in [4.69, 9.17) is 23.2 Å². The molecule has 6 rings (SSSR count). The Balaban J connectivity index is 1.42. The van der Waals surface area contributed by atoms with Crippen LogP contribution in [0.5, 0.6) is 0 Å². The predicted molar refractivity (Wildman–Crippen MR) is 110 cm³/mol. The second-order valence-corrected chi connectivity index (χ2v) is 10.1. The van der Waals surface area contributed by atoms with Crippen molar-refractivity contribution in [2.24, 2.45) is 17.3 Å². The average molecular weight is 437 g/mol. The van der Waals surface area contributed by atoms with Crippen LogP contribution in [0.3, 0.4) is 0 Å². The summed E-state index contributed by atoms with van der Waals surface area (Å²) in [4.78, 5) is 19.7. The van der Waals surface area contributed by atoms with Crippen LogP contribution >= 0.6 is 23.2 Å². The van der Waals surface area contributed by atoms with E-state index >= 15 is 0 Å². The number of aryl methyl sites for hydroxylation is 1. The Morgan fingerprint density at radius 2 is 1.97 bits per heavy atom. The van der Waals surface area contributed by atoms with Crippen molar-refractivity contribution in [3.8, 4) is 0 Å². The minimum absolute atomic E-state index is 0.137. The standard InChI is InChI=1S/C20H26Cl2N6O/c1-3-27-9-15(21)16(24-27)10-26(2)17(29)19-5-13-4-14(6-19)8-20(7-13,11-19)28-12-23-18(22)25-28/h9,12-14H,3-8,10-11H2,1-2H3. The van der Waals surface area contributed by atoms with Crippen LogP contribution in [0, 0.1) is 17.3 Å². The molecule has 2 heterocycles. The molecule has 0 aliphatic heterocycles. The van der Waals surface area contributed by atoms with E-state index in [0.717, 1.165) is 44.3 Å². The number of rotatable bonds is 5. The van der Waals surface area contributed by atoms with E-state index in [2.05, 4.69) is 15.2 Å². The summed E-state index contributed by atoms with van der Waals surface area (Å²) >= 11 is 12.4. The zero-order valence-electron chi connectivity index (χ0n) is 16.8. The summed E-state index contributed by atoms with van der Waals surface area (Å²) in [5, 5.41) is 9.85. The van der Waals surface area contributed by atoms with Crippen LogP contribution in [0.15, 0.2) is 12.5 Å². The SMILES string of the molecule is CCn1cc(Cl)c(CN(C)C(=O)C23CC4CC(C2)CC(n2cnc(Cl)n2)(C4)C3)n1. The van der Waals surface area contributed by atoms with E-state index in [-0.39, 0.29) is 22.1 Å². The summed E-state index contributed by atoms with van der Waals surface area (Å²) < 4.78 is 3.76. The largest absolute Gasteiger partial charge is 0.339 e. The van der Waals surface area contributed by atoms with Gasteiger partial charge in [0.05, 0.1) is 22.5 Å². The normalized spacial score (nSPS) is 32.7. The zero-order chi connectivity index (χ0) is 20.4. The third kappa shape index (κ3) is 3.08. The third-order valence-corrected chi connectivity index (χ3v) is 7.77. The summed E-state index contributed by atoms with van der Waals surface area (Å²) in [6.45, 7) is 3.21. The smallest absolute Gasteiger partial charge is 0.242 e. The van der Waals surface area contributed by atoms with E-state index in [1.54, 1.807) is 6.33 Å². The fourth-order valence-electron chi connectivity index (χ4n) is 6.61. The van der Waals surface area contributed by atoms with Crippen molar-refractivity contribution < 1.29 is 4.79 Å². The minimum atomic E-state index is -0.336. The van der Waals surface area contributed by atoms with E-state index in [1.807, 2.05) is 34.4 Å². The van der Waals surface area contributed by atoms with Crippen LogP contribution in [0.2, 0.25) is 10.3 Å². The van der Waals surface area contributed by atoms with Crippen molar-refractivity contribution in [2.75, 3.05) is 7.05 Å². The lowest BCUT2D eigenvalue weighted by atomic mass is 9.46. The third-order valence-electron chi connectivity index (χ3n) is 7.28. The molecule has 2 aromatic rings. The molecule has 2 unspecified atom stereocenters. The molecule has 4 aliphatic carbocycles. The second-order valence-electron chi connectivity index (χ2n) is 9.36. The minimum Gasteiger partial charge on any atom is -0.339 e. The number of hydrogen-bond donors (Lipinski definition) is 0. The van der Waals surface area contributed by atoms with Crippen molar-refractivity contribution in [1.82, 2.24) is 29.4 Å². The first-order valence-electron chi connectivity index (χ1n) is 10.4. The monoisotopic (exact) mass is 436 g/mol. The molecule has 0 saturated heterocycles. The van der Waals surface area contributed by atoms with Crippen LogP contribution < -0.4 is 0 Å². The van der Waals surface area contributed by atoms with Gasteiger partial charge in [-0.15, -0.1) is 5.10 Å². The highest BCUT2D eigenvalue weighted by atomic mass is 35.5. The number of nitrogens with zero attached hydrogens (tertiary/aromatic N) is 6. The van der Waals surface area contributed by atoms with E-state index in [0.29, 0.717) is 23.4 Å². The molecule has 0 radical (unpaired) electrons. The van der Waals surface area contributed by atoms with Gasteiger partial charge in [-0.2, -0.15) is 5.10 Å². The van der Waals surface area contributed by atoms with E-state index < -0.39 is 0 Å². The van der Waals surface area contributed by atoms with E-state index in [9.17, 15) is 4.79 Å². The maximum absolute atomic E-state index is 13.7. The van der Waals surface area contributed by atoms with Crippen LogP contribution in [-0.2, 0) is 23.4 Å². The van der Waals surface area contributed by atoms with Gasteiger partial charge in [0.1, 0.15) is 12.0 Å². The van der Waals surface area contributed by atoms with Crippen molar-refractivity contribution in [1.29, 1.82) is 0 Å². The van der Waals surface area contributed by atoms with Gasteiger partial charge in [-0.1, -0.05) is 11.6 Å². The molecule has 7 nitrogen and oxygen atoms in total. The lowest BCUT2D eigenvalue weighted by molar-refractivity contribution is -0.166. The molecule has 0 N–H and O–H groups in total. The molecule has 1 amide bonds. The molecule has 4 aliphatic rings. The number of carbonyl (C=O) groups is 1. The first-order chi connectivity index (χ1) is 13.8. The van der Waals surface area contributed by atoms with Crippen LogP contribution in [-0.4, -0.2) is 42.4 Å². The Kier molecular flexibility index (Phi) is 4.48. The fraction of sp³-hybridized carbons (Fsp3) is 0.700. The second kappa shape index (κ2) is 6.71. The Bertz CT molecular complexity index is 939. The van der Waals surface area contributed by atoms with Crippen molar-refractivity contribution in [3.05, 3.63) is 28.5 Å². The Morgan fingerprint density at radius 1 is 1.24 bits per heavy atom. The van der Waals surface area contributed by atoms with Crippen LogP contribution in [0.4, 0.5) is 0 Å². The first kappa shape index (κ1) is 19.4. The molecule has 0 aromatic carbocycles. The summed E-state index contributed by atoms with van der Waals surface area (Å²) in [5.74, 6) is 1.32. The molecular formula is C20H26Cl2N6O. The molecular weight excluding hydrogens is 411 g/mol. The van der Waals surface area contributed by atoms with Gasteiger partial charge in [-0.25, -0.2) is 9.67 Å². The number of hydrogen-bond acceptors (Lipinski definition) is 4. The number of halogens is 2. The Hall–Kier alpha value is -1.60. The van der Waals surface area contributed by atoms with Crippen LogP contribution in [0.1, 0.15) is 51.1 Å². The molecule has 4 saturated carbocycles. The number of amides is 1. The summed E-state index contributed by atoms with van der Waals surface area (Å²) in [5.41, 5.74) is 0.283. The maximum Gasteiger partial charge on any atom is 0.242 e. The average Bonchev–Trinajstić information content (AvgIpc) is 3.26.